The van der Waals surface area contributed by atoms with Gasteiger partial charge >= 0.3 is 5.97 Å². The molecule has 1 aliphatic rings. The third-order valence-electron chi connectivity index (χ3n) is 0.868. The number of carbonyl (C=O) groups excluding carboxylic acids is 1. The van der Waals surface area contributed by atoms with Crippen molar-refractivity contribution >= 4 is 5.94 Å². The van der Waals surface area contributed by atoms with Crippen LogP contribution in [0, 0.1) is 0 Å². The van der Waals surface area contributed by atoms with E-state index in [0.717, 1.165) is 0 Å². The van der Waals surface area contributed by atoms with Gasteiger partial charge in [-0.1, -0.05) is 0 Å². The molecule has 0 unspecified atom stereocenters. The summed E-state index contributed by atoms with van der Waals surface area (Å²) in [5.74, 6) is -0.314. The summed E-state index contributed by atoms with van der Waals surface area (Å²) in [5, 5.41) is 8.65. The molecule has 1 saturated heterocycles. The van der Waals surface area contributed by atoms with Crippen LogP contribution in [0.15, 0.2) is 5.57 Å². The molecule has 1 aliphatic heterocycles. The first-order chi connectivity index (χ1) is 3.69. The second-order valence-electron chi connectivity index (χ2n) is 1.48. The summed E-state index contributed by atoms with van der Waals surface area (Å²) in [4.78, 5) is 17.7. The predicted molar refractivity (Wildman–Crippen MR) is 22.0 cm³/mol. The molecule has 4 nitrogen and oxygen atoms in total. The molecule has 1 fully saturated rings. The van der Waals surface area contributed by atoms with Gasteiger partial charge < -0.3 is 5.11 Å². The Labute approximate surface area is 45.3 Å². The lowest BCUT2D eigenvalue weighted by atomic mass is 10.3. The monoisotopic (exact) mass is 116 g/mol. The zero-order valence-corrected chi connectivity index (χ0v) is 4.17. The van der Waals surface area contributed by atoms with Crippen LogP contribution < -0.4 is 0 Å². The molecule has 0 bridgehead atoms. The van der Waals surface area contributed by atoms with Crippen LogP contribution in [0.4, 0.5) is 0 Å². The molecule has 0 atom stereocenters. The van der Waals surface area contributed by atoms with E-state index in [9.17, 15) is 4.79 Å². The van der Waals surface area contributed by atoms with Crippen molar-refractivity contribution in [3.05, 3.63) is 5.57 Å². The van der Waals surface area contributed by atoms with Gasteiger partial charge in [-0.2, -0.15) is 9.78 Å². The Bertz CT molecular complexity index is 151. The largest absolute Gasteiger partial charge is 0.371 e. The Morgan fingerprint density at radius 1 is 1.75 bits per heavy atom. The normalized spacial score (nSPS) is 21.8. The predicted octanol–water partition coefficient (Wildman–Crippen LogP) is -0.628. The standard InChI is InChI=1S/C4H4O4/c1-3(2-5)4(6)7-8-4/h6H,1H3. The molecule has 1 N–H and O–H groups in total. The topological polar surface area (TPSA) is 62.4 Å². The van der Waals surface area contributed by atoms with Crippen LogP contribution in [0.1, 0.15) is 6.92 Å². The van der Waals surface area contributed by atoms with E-state index in [0.29, 0.717) is 0 Å². The summed E-state index contributed by atoms with van der Waals surface area (Å²) in [6.45, 7) is 1.36. The van der Waals surface area contributed by atoms with Crippen molar-refractivity contribution in [3.8, 4) is 0 Å². The third-order valence-corrected chi connectivity index (χ3v) is 0.868. The Morgan fingerprint density at radius 2 is 2.25 bits per heavy atom. The van der Waals surface area contributed by atoms with Crippen LogP contribution in [0.2, 0.25) is 0 Å². The van der Waals surface area contributed by atoms with E-state index < -0.39 is 5.97 Å². The third kappa shape index (κ3) is 0.657. The van der Waals surface area contributed by atoms with Crippen LogP contribution in [-0.2, 0) is 14.6 Å². The molecule has 4 heteroatoms. The van der Waals surface area contributed by atoms with Crippen LogP contribution in [0.25, 0.3) is 0 Å². The fourth-order valence-electron chi connectivity index (χ4n) is 0.229. The maximum absolute atomic E-state index is 9.71. The molecule has 1 rings (SSSR count). The fourth-order valence-corrected chi connectivity index (χ4v) is 0.229. The van der Waals surface area contributed by atoms with Crippen molar-refractivity contribution < 1.29 is 19.7 Å². The first kappa shape index (κ1) is 5.47. The van der Waals surface area contributed by atoms with Gasteiger partial charge in [-0.25, -0.2) is 4.79 Å². The van der Waals surface area contributed by atoms with Gasteiger partial charge in [-0.05, 0) is 6.92 Å². The first-order valence-electron chi connectivity index (χ1n) is 2.00. The molecule has 8 heavy (non-hydrogen) atoms. The Balaban J connectivity index is 2.73. The van der Waals surface area contributed by atoms with Gasteiger partial charge in [0.05, 0.1) is 0 Å². The van der Waals surface area contributed by atoms with E-state index in [-0.39, 0.29) is 5.57 Å². The summed E-state index contributed by atoms with van der Waals surface area (Å²) < 4.78 is 0. The molecule has 0 saturated carbocycles. The first-order valence-corrected chi connectivity index (χ1v) is 2.00. The van der Waals surface area contributed by atoms with Crippen LogP contribution >= 0.6 is 0 Å². The average molecular weight is 116 g/mol. The minimum atomic E-state index is -1.75. The number of hydrogen-bond donors (Lipinski definition) is 1. The summed E-state index contributed by atoms with van der Waals surface area (Å²) >= 11 is 0. The molecule has 0 aliphatic carbocycles. The van der Waals surface area contributed by atoms with Gasteiger partial charge in [0.2, 0.25) is 0 Å². The van der Waals surface area contributed by atoms with Gasteiger partial charge in [0.1, 0.15) is 11.5 Å². The molecule has 44 valence electrons. The number of aliphatic hydroxyl groups is 1. The molecule has 0 aromatic rings. The van der Waals surface area contributed by atoms with E-state index in [1.54, 1.807) is 0 Å². The van der Waals surface area contributed by atoms with Crippen LogP contribution in [0.3, 0.4) is 0 Å². The van der Waals surface area contributed by atoms with Crippen LogP contribution in [0.5, 0.6) is 0 Å². The van der Waals surface area contributed by atoms with Gasteiger partial charge in [0.15, 0.2) is 0 Å². The summed E-state index contributed by atoms with van der Waals surface area (Å²) in [7, 11) is 0. The van der Waals surface area contributed by atoms with Crippen molar-refractivity contribution in [2.75, 3.05) is 0 Å². The molecular formula is C4H4O4. The molecule has 0 aromatic carbocycles. The lowest BCUT2D eigenvalue weighted by Crippen LogP contribution is -2.09. The second-order valence-corrected chi connectivity index (χ2v) is 1.48. The highest BCUT2D eigenvalue weighted by molar-refractivity contribution is 5.53. The quantitative estimate of drug-likeness (QED) is 0.281. The molecule has 0 amide bonds. The summed E-state index contributed by atoms with van der Waals surface area (Å²) in [5.41, 5.74) is -0.00231. The maximum Gasteiger partial charge on any atom is 0.371 e. The Hall–Kier alpha value is -0.670. The molecular weight excluding hydrogens is 112 g/mol. The van der Waals surface area contributed by atoms with Crippen molar-refractivity contribution in [1.82, 2.24) is 0 Å². The second kappa shape index (κ2) is 1.40. The fraction of sp³-hybridized carbons (Fsp3) is 0.500. The van der Waals surface area contributed by atoms with Gasteiger partial charge in [0.25, 0.3) is 0 Å². The maximum atomic E-state index is 9.71. The zero-order chi connectivity index (χ0) is 6.20. The average Bonchev–Trinajstić information content (AvgIpc) is 2.47. The summed E-state index contributed by atoms with van der Waals surface area (Å²) in [6, 6.07) is 0. The highest BCUT2D eigenvalue weighted by Gasteiger charge is 2.50. The van der Waals surface area contributed by atoms with Gasteiger partial charge in [0, 0.05) is 0 Å². The smallest absolute Gasteiger partial charge is 0.336 e. The highest BCUT2D eigenvalue weighted by Crippen LogP contribution is 2.31. The Kier molecular flexibility index (Phi) is 0.957. The SMILES string of the molecule is CC(=C=O)C1(O)OO1. The minimum absolute atomic E-state index is 0.00231. The number of rotatable bonds is 1. The highest BCUT2D eigenvalue weighted by atomic mass is 17.4. The van der Waals surface area contributed by atoms with Crippen LogP contribution in [-0.4, -0.2) is 17.0 Å². The lowest BCUT2D eigenvalue weighted by molar-refractivity contribution is 0.0706. The van der Waals surface area contributed by atoms with Crippen molar-refractivity contribution in [2.45, 2.75) is 12.9 Å². The zero-order valence-electron chi connectivity index (χ0n) is 4.17. The van der Waals surface area contributed by atoms with E-state index >= 15 is 0 Å². The molecule has 0 radical (unpaired) electrons. The summed E-state index contributed by atoms with van der Waals surface area (Å²) in [6.07, 6.45) is 0. The molecule has 0 spiro atoms. The Morgan fingerprint density at radius 3 is 2.38 bits per heavy atom. The van der Waals surface area contributed by atoms with E-state index in [4.69, 9.17) is 5.11 Å². The van der Waals surface area contributed by atoms with E-state index in [1.807, 2.05) is 0 Å². The van der Waals surface area contributed by atoms with Crippen molar-refractivity contribution in [1.29, 1.82) is 0 Å². The van der Waals surface area contributed by atoms with E-state index in [2.05, 4.69) is 9.78 Å². The molecule has 1 heterocycles. The van der Waals surface area contributed by atoms with E-state index in [1.165, 1.54) is 12.9 Å². The minimum Gasteiger partial charge on any atom is -0.336 e. The van der Waals surface area contributed by atoms with Crippen molar-refractivity contribution in [3.63, 3.8) is 0 Å². The lowest BCUT2D eigenvalue weighted by Gasteiger charge is -1.88. The van der Waals surface area contributed by atoms with Crippen molar-refractivity contribution in [2.24, 2.45) is 0 Å². The number of hydrogen-bond acceptors (Lipinski definition) is 4. The van der Waals surface area contributed by atoms with Gasteiger partial charge in [-0.3, -0.25) is 0 Å². The molecule has 0 aromatic heterocycles. The van der Waals surface area contributed by atoms with Gasteiger partial charge in [-0.15, -0.1) is 0 Å².